The van der Waals surface area contributed by atoms with Gasteiger partial charge in [-0.1, -0.05) is 12.1 Å². The highest BCUT2D eigenvalue weighted by Gasteiger charge is 2.37. The molecule has 2 N–H and O–H groups in total. The van der Waals surface area contributed by atoms with Crippen LogP contribution in [0.5, 0.6) is 0 Å². The number of fused-ring (bicyclic) bond motifs is 2. The van der Waals surface area contributed by atoms with E-state index in [-0.39, 0.29) is 24.2 Å². The van der Waals surface area contributed by atoms with Crippen molar-refractivity contribution in [3.63, 3.8) is 0 Å². The molecule has 0 saturated heterocycles. The van der Waals surface area contributed by atoms with Crippen LogP contribution in [0.25, 0.3) is 11.0 Å². The average molecular weight is 272 g/mol. The summed E-state index contributed by atoms with van der Waals surface area (Å²) in [6.07, 6.45) is 0.540. The van der Waals surface area contributed by atoms with Crippen molar-refractivity contribution in [2.45, 2.75) is 24.7 Å². The third-order valence-corrected chi connectivity index (χ3v) is 3.63. The van der Waals surface area contributed by atoms with Gasteiger partial charge in [0.05, 0.1) is 22.4 Å². The molecule has 1 heterocycles. The van der Waals surface area contributed by atoms with E-state index in [0.29, 0.717) is 11.0 Å². The molecule has 6 heteroatoms. The Hall–Kier alpha value is -2.50. The Bertz CT molecular complexity index is 653. The lowest BCUT2D eigenvalue weighted by molar-refractivity contribution is -0.142. The smallest absolute Gasteiger partial charge is 0.312 e. The molecule has 0 aliphatic heterocycles. The molecule has 2 atom stereocenters. The maximum absolute atomic E-state index is 11.3. The van der Waals surface area contributed by atoms with Crippen LogP contribution in [0.15, 0.2) is 24.3 Å². The van der Waals surface area contributed by atoms with E-state index in [1.807, 2.05) is 0 Å². The molecule has 2 unspecified atom stereocenters. The number of hydrogen-bond acceptors (Lipinski definition) is 4. The maximum atomic E-state index is 11.3. The summed E-state index contributed by atoms with van der Waals surface area (Å²) < 4.78 is 0. The molecule has 1 aliphatic rings. The van der Waals surface area contributed by atoms with E-state index < -0.39 is 23.8 Å². The van der Waals surface area contributed by atoms with Gasteiger partial charge in [0.2, 0.25) is 0 Å². The van der Waals surface area contributed by atoms with Crippen molar-refractivity contribution in [3.05, 3.63) is 35.7 Å². The standard InChI is InChI=1S/C14H12N2O4/c17-13(18)7-5-6-8(14(19)20)12-11(7)15-9-3-1-2-4-10(9)16-12/h1-4,7-8H,5-6H2,(H,17,18)(H,19,20). The summed E-state index contributed by atoms with van der Waals surface area (Å²) >= 11 is 0. The minimum Gasteiger partial charge on any atom is -0.481 e. The lowest BCUT2D eigenvalue weighted by Gasteiger charge is -2.25. The molecule has 0 fully saturated rings. The van der Waals surface area contributed by atoms with Crippen molar-refractivity contribution in [1.82, 2.24) is 9.97 Å². The van der Waals surface area contributed by atoms with E-state index in [9.17, 15) is 19.8 Å². The lowest BCUT2D eigenvalue weighted by Crippen LogP contribution is -2.27. The van der Waals surface area contributed by atoms with Crippen LogP contribution in [0.2, 0.25) is 0 Å². The third kappa shape index (κ3) is 1.89. The first kappa shape index (κ1) is 12.5. The SMILES string of the molecule is O=C(O)C1CCC(C(=O)O)c2nc3ccccc3nc21. The molecule has 102 valence electrons. The fraction of sp³-hybridized carbons (Fsp3) is 0.286. The van der Waals surface area contributed by atoms with Gasteiger partial charge in [-0.25, -0.2) is 9.97 Å². The summed E-state index contributed by atoms with van der Waals surface area (Å²) in [6, 6.07) is 7.06. The van der Waals surface area contributed by atoms with Crippen LogP contribution >= 0.6 is 0 Å². The molecular formula is C14H12N2O4. The van der Waals surface area contributed by atoms with Crippen LogP contribution in [-0.2, 0) is 9.59 Å². The van der Waals surface area contributed by atoms with Gasteiger partial charge in [-0.2, -0.15) is 0 Å². The molecule has 3 rings (SSSR count). The quantitative estimate of drug-likeness (QED) is 0.864. The van der Waals surface area contributed by atoms with Crippen molar-refractivity contribution in [2.75, 3.05) is 0 Å². The number of rotatable bonds is 2. The number of nitrogens with zero attached hydrogens (tertiary/aromatic N) is 2. The first-order chi connectivity index (χ1) is 9.58. The van der Waals surface area contributed by atoms with E-state index in [1.54, 1.807) is 24.3 Å². The van der Waals surface area contributed by atoms with Crippen LogP contribution in [0, 0.1) is 0 Å². The summed E-state index contributed by atoms with van der Waals surface area (Å²) in [4.78, 5) is 31.3. The van der Waals surface area contributed by atoms with E-state index >= 15 is 0 Å². The predicted octanol–water partition coefficient (Wildman–Crippen LogP) is 1.76. The Morgan fingerprint density at radius 3 is 1.65 bits per heavy atom. The Labute approximate surface area is 114 Å². The molecule has 2 aromatic rings. The van der Waals surface area contributed by atoms with Crippen molar-refractivity contribution in [2.24, 2.45) is 0 Å². The number of carboxylic acids is 2. The van der Waals surface area contributed by atoms with E-state index in [0.717, 1.165) is 0 Å². The summed E-state index contributed by atoms with van der Waals surface area (Å²) in [5, 5.41) is 18.5. The number of para-hydroxylation sites is 2. The first-order valence-electron chi connectivity index (χ1n) is 6.30. The molecule has 1 aliphatic carbocycles. The average Bonchev–Trinajstić information content (AvgIpc) is 2.43. The highest BCUT2D eigenvalue weighted by atomic mass is 16.4. The number of benzene rings is 1. The zero-order valence-corrected chi connectivity index (χ0v) is 10.5. The molecule has 1 aromatic heterocycles. The van der Waals surface area contributed by atoms with Gasteiger partial charge >= 0.3 is 11.9 Å². The molecule has 0 saturated carbocycles. The van der Waals surface area contributed by atoms with E-state index in [2.05, 4.69) is 9.97 Å². The van der Waals surface area contributed by atoms with Crippen LogP contribution in [0.3, 0.4) is 0 Å². The van der Waals surface area contributed by atoms with Crippen molar-refractivity contribution in [1.29, 1.82) is 0 Å². The summed E-state index contributed by atoms with van der Waals surface area (Å²) in [6.45, 7) is 0. The molecule has 0 amide bonds. The Morgan fingerprint density at radius 1 is 0.900 bits per heavy atom. The van der Waals surface area contributed by atoms with Gasteiger partial charge in [-0.15, -0.1) is 0 Å². The van der Waals surface area contributed by atoms with Crippen molar-refractivity contribution in [3.8, 4) is 0 Å². The maximum Gasteiger partial charge on any atom is 0.312 e. The van der Waals surface area contributed by atoms with Gasteiger partial charge in [0.1, 0.15) is 11.8 Å². The second-order valence-electron chi connectivity index (χ2n) is 4.84. The molecule has 6 nitrogen and oxygen atoms in total. The second-order valence-corrected chi connectivity index (χ2v) is 4.84. The second kappa shape index (κ2) is 4.56. The third-order valence-electron chi connectivity index (χ3n) is 3.63. The molecule has 20 heavy (non-hydrogen) atoms. The minimum atomic E-state index is -0.986. The lowest BCUT2D eigenvalue weighted by atomic mass is 9.82. The van der Waals surface area contributed by atoms with Gasteiger partial charge in [0.25, 0.3) is 0 Å². The molecule has 0 bridgehead atoms. The highest BCUT2D eigenvalue weighted by molar-refractivity contribution is 5.83. The van der Waals surface area contributed by atoms with Crippen LogP contribution in [0.1, 0.15) is 36.1 Å². The van der Waals surface area contributed by atoms with Crippen LogP contribution in [0.4, 0.5) is 0 Å². The van der Waals surface area contributed by atoms with Gasteiger partial charge in [-0.05, 0) is 25.0 Å². The summed E-state index contributed by atoms with van der Waals surface area (Å²) in [5.74, 6) is -3.53. The minimum absolute atomic E-state index is 0.270. The van der Waals surface area contributed by atoms with Gasteiger partial charge in [0, 0.05) is 0 Å². The molecular weight excluding hydrogens is 260 g/mol. The van der Waals surface area contributed by atoms with Gasteiger partial charge < -0.3 is 10.2 Å². The fourth-order valence-corrected chi connectivity index (χ4v) is 2.63. The number of carbonyl (C=O) groups is 2. The number of hydrogen-bond donors (Lipinski definition) is 2. The van der Waals surface area contributed by atoms with Crippen molar-refractivity contribution < 1.29 is 19.8 Å². The fourth-order valence-electron chi connectivity index (χ4n) is 2.63. The molecule has 0 radical (unpaired) electrons. The topological polar surface area (TPSA) is 100 Å². The normalized spacial score (nSPS) is 21.4. The summed E-state index contributed by atoms with van der Waals surface area (Å²) in [5.41, 5.74) is 1.75. The van der Waals surface area contributed by atoms with E-state index in [4.69, 9.17) is 0 Å². The molecule has 1 aromatic carbocycles. The highest BCUT2D eigenvalue weighted by Crippen LogP contribution is 2.37. The first-order valence-corrected chi connectivity index (χ1v) is 6.30. The van der Waals surface area contributed by atoms with E-state index in [1.165, 1.54) is 0 Å². The zero-order valence-electron chi connectivity index (χ0n) is 10.5. The zero-order chi connectivity index (χ0) is 14.3. The van der Waals surface area contributed by atoms with Crippen molar-refractivity contribution >= 4 is 23.0 Å². The number of aliphatic carboxylic acids is 2. The van der Waals surface area contributed by atoms with Crippen LogP contribution in [-0.4, -0.2) is 32.1 Å². The Kier molecular flexibility index (Phi) is 2.85. The number of aromatic nitrogens is 2. The summed E-state index contributed by atoms with van der Waals surface area (Å²) in [7, 11) is 0. The van der Waals surface area contributed by atoms with Gasteiger partial charge in [-0.3, -0.25) is 9.59 Å². The van der Waals surface area contributed by atoms with Gasteiger partial charge in [0.15, 0.2) is 0 Å². The van der Waals surface area contributed by atoms with Crippen LogP contribution < -0.4 is 0 Å². The Balaban J connectivity index is 2.25. The molecule has 0 spiro atoms. The predicted molar refractivity (Wildman–Crippen MR) is 69.5 cm³/mol. The monoisotopic (exact) mass is 272 g/mol. The largest absolute Gasteiger partial charge is 0.481 e. The Morgan fingerprint density at radius 2 is 1.30 bits per heavy atom. The number of carboxylic acid groups (broad SMARTS) is 2.